The first-order chi connectivity index (χ1) is 14.1. The number of nitrogens with one attached hydrogen (secondary N) is 1. The lowest BCUT2D eigenvalue weighted by Gasteiger charge is -2.13. The normalized spacial score (nSPS) is 10.9. The van der Waals surface area contributed by atoms with E-state index < -0.39 is 0 Å². The highest BCUT2D eigenvalue weighted by atomic mass is 35.5. The number of hydrogen-bond acceptors (Lipinski definition) is 5. The van der Waals surface area contributed by atoms with E-state index in [1.165, 1.54) is 10.3 Å². The van der Waals surface area contributed by atoms with Gasteiger partial charge in [0, 0.05) is 17.8 Å². The molecule has 0 amide bonds. The van der Waals surface area contributed by atoms with E-state index in [9.17, 15) is 0 Å². The van der Waals surface area contributed by atoms with Crippen molar-refractivity contribution in [3.05, 3.63) is 70.7 Å². The molecule has 4 rings (SSSR count). The molecule has 0 unspecified atom stereocenters. The molecule has 1 N–H and O–H groups in total. The summed E-state index contributed by atoms with van der Waals surface area (Å²) in [6.07, 6.45) is 0. The van der Waals surface area contributed by atoms with E-state index in [1.54, 1.807) is 25.6 Å². The third kappa shape index (κ3) is 4.16. The van der Waals surface area contributed by atoms with Crippen LogP contribution in [0.1, 0.15) is 11.1 Å². The molecule has 0 aliphatic carbocycles. The van der Waals surface area contributed by atoms with Crippen LogP contribution in [0.3, 0.4) is 0 Å². The summed E-state index contributed by atoms with van der Waals surface area (Å²) < 4.78 is 11.9. The van der Waals surface area contributed by atoms with Crippen molar-refractivity contribution in [3.8, 4) is 22.1 Å². The molecule has 0 atom stereocenters. The van der Waals surface area contributed by atoms with Crippen molar-refractivity contribution >= 4 is 38.8 Å². The van der Waals surface area contributed by atoms with Crippen molar-refractivity contribution in [1.82, 2.24) is 4.98 Å². The summed E-state index contributed by atoms with van der Waals surface area (Å²) in [5, 5.41) is 4.98. The second-order valence-corrected chi connectivity index (χ2v) is 8.17. The van der Waals surface area contributed by atoms with Crippen LogP contribution in [0.25, 0.3) is 20.8 Å². The van der Waals surface area contributed by atoms with E-state index in [0.717, 1.165) is 27.3 Å². The fraction of sp³-hybridized carbons (Fsp3) is 0.174. The fourth-order valence-corrected chi connectivity index (χ4v) is 4.54. The van der Waals surface area contributed by atoms with E-state index in [2.05, 4.69) is 54.7 Å². The van der Waals surface area contributed by atoms with Gasteiger partial charge in [-0.25, -0.2) is 4.98 Å². The summed E-state index contributed by atoms with van der Waals surface area (Å²) in [5.74, 6) is 1.17. The van der Waals surface area contributed by atoms with Gasteiger partial charge in [0.2, 0.25) is 0 Å². The number of thiazole rings is 1. The van der Waals surface area contributed by atoms with Crippen LogP contribution in [0, 0.1) is 6.92 Å². The van der Waals surface area contributed by atoms with Gasteiger partial charge in [-0.05, 0) is 66.6 Å². The summed E-state index contributed by atoms with van der Waals surface area (Å²) in [6.45, 7) is 2.73. The van der Waals surface area contributed by atoms with E-state index in [4.69, 9.17) is 26.1 Å². The Kier molecular flexibility index (Phi) is 5.60. The molecule has 0 aliphatic heterocycles. The van der Waals surface area contributed by atoms with Gasteiger partial charge < -0.3 is 14.8 Å². The number of benzene rings is 3. The highest BCUT2D eigenvalue weighted by molar-refractivity contribution is 7.21. The minimum Gasteiger partial charge on any atom is -0.493 e. The molecule has 0 bridgehead atoms. The number of hydrogen-bond donors (Lipinski definition) is 1. The third-order valence-electron chi connectivity index (χ3n) is 4.67. The van der Waals surface area contributed by atoms with Crippen molar-refractivity contribution in [1.29, 1.82) is 0 Å². The molecule has 4 aromatic rings. The number of aromatic nitrogens is 1. The van der Waals surface area contributed by atoms with Crippen LogP contribution in [0.2, 0.25) is 5.02 Å². The molecular formula is C23H21ClN2O2S. The molecule has 29 heavy (non-hydrogen) atoms. The molecule has 3 aromatic carbocycles. The van der Waals surface area contributed by atoms with Crippen molar-refractivity contribution in [2.75, 3.05) is 19.5 Å². The molecule has 0 aliphatic rings. The van der Waals surface area contributed by atoms with Crippen LogP contribution < -0.4 is 14.8 Å². The Morgan fingerprint density at radius 3 is 2.52 bits per heavy atom. The molecule has 0 fully saturated rings. The van der Waals surface area contributed by atoms with Crippen molar-refractivity contribution in [2.24, 2.45) is 0 Å². The highest BCUT2D eigenvalue weighted by Gasteiger charge is 2.11. The van der Waals surface area contributed by atoms with Gasteiger partial charge in [-0.15, -0.1) is 11.3 Å². The minimum absolute atomic E-state index is 0.532. The van der Waals surface area contributed by atoms with Crippen molar-refractivity contribution in [2.45, 2.75) is 13.5 Å². The first-order valence-corrected chi connectivity index (χ1v) is 10.4. The lowest BCUT2D eigenvalue weighted by molar-refractivity contribution is 0.355. The SMILES string of the molecule is COc1cc(CNc2ccc(-c3nc4ccc(C)cc4s3)cc2)cc(Cl)c1OC. The molecule has 6 heteroatoms. The Morgan fingerprint density at radius 1 is 1.00 bits per heavy atom. The summed E-state index contributed by atoms with van der Waals surface area (Å²) in [4.78, 5) is 4.75. The monoisotopic (exact) mass is 424 g/mol. The van der Waals surface area contributed by atoms with E-state index in [-0.39, 0.29) is 0 Å². The zero-order valence-electron chi connectivity index (χ0n) is 16.5. The number of halogens is 1. The predicted molar refractivity (Wildman–Crippen MR) is 122 cm³/mol. The van der Waals surface area contributed by atoms with Gasteiger partial charge in [0.1, 0.15) is 5.01 Å². The van der Waals surface area contributed by atoms with Gasteiger partial charge in [0.25, 0.3) is 0 Å². The van der Waals surface area contributed by atoms with Gasteiger partial charge in [0.15, 0.2) is 11.5 Å². The number of aryl methyl sites for hydroxylation is 1. The lowest BCUT2D eigenvalue weighted by atomic mass is 10.1. The number of nitrogens with zero attached hydrogens (tertiary/aromatic N) is 1. The summed E-state index contributed by atoms with van der Waals surface area (Å²) in [7, 11) is 3.18. The van der Waals surface area contributed by atoms with Crippen LogP contribution in [0.5, 0.6) is 11.5 Å². The largest absolute Gasteiger partial charge is 0.493 e. The second-order valence-electron chi connectivity index (χ2n) is 6.73. The van der Waals surface area contributed by atoms with Gasteiger partial charge in [-0.1, -0.05) is 17.7 Å². The van der Waals surface area contributed by atoms with E-state index >= 15 is 0 Å². The van der Waals surface area contributed by atoms with Crippen LogP contribution in [0.15, 0.2) is 54.6 Å². The van der Waals surface area contributed by atoms with Gasteiger partial charge in [0.05, 0.1) is 29.5 Å². The number of ether oxygens (including phenoxy) is 2. The minimum atomic E-state index is 0.532. The Balaban J connectivity index is 1.49. The lowest BCUT2D eigenvalue weighted by Crippen LogP contribution is -2.01. The Labute approximate surface area is 179 Å². The van der Waals surface area contributed by atoms with Gasteiger partial charge in [-0.3, -0.25) is 0 Å². The van der Waals surface area contributed by atoms with Crippen LogP contribution in [0.4, 0.5) is 5.69 Å². The Bertz CT molecular complexity index is 1160. The zero-order valence-corrected chi connectivity index (χ0v) is 18.0. The molecule has 1 heterocycles. The molecular weight excluding hydrogens is 404 g/mol. The zero-order chi connectivity index (χ0) is 20.4. The first-order valence-electron chi connectivity index (χ1n) is 9.19. The third-order valence-corrected chi connectivity index (χ3v) is 6.01. The number of rotatable bonds is 6. The molecule has 1 aromatic heterocycles. The molecule has 0 radical (unpaired) electrons. The van der Waals surface area contributed by atoms with Crippen LogP contribution >= 0.6 is 22.9 Å². The smallest absolute Gasteiger partial charge is 0.179 e. The number of anilines is 1. The standard InChI is InChI=1S/C23H21ClN2O2S/c1-14-4-9-19-21(10-14)29-23(26-19)16-5-7-17(8-6-16)25-13-15-11-18(24)22(28-3)20(12-15)27-2/h4-12,25H,13H2,1-3H3. The summed E-state index contributed by atoms with van der Waals surface area (Å²) >= 11 is 8.01. The van der Waals surface area contributed by atoms with E-state index in [1.807, 2.05) is 12.1 Å². The van der Waals surface area contributed by atoms with Gasteiger partial charge >= 0.3 is 0 Å². The molecule has 0 saturated heterocycles. The average molecular weight is 425 g/mol. The average Bonchev–Trinajstić information content (AvgIpc) is 3.15. The van der Waals surface area contributed by atoms with Crippen molar-refractivity contribution in [3.63, 3.8) is 0 Å². The maximum atomic E-state index is 6.29. The van der Waals surface area contributed by atoms with Gasteiger partial charge in [-0.2, -0.15) is 0 Å². The van der Waals surface area contributed by atoms with Crippen LogP contribution in [-0.4, -0.2) is 19.2 Å². The second kappa shape index (κ2) is 8.31. The maximum Gasteiger partial charge on any atom is 0.179 e. The molecule has 0 spiro atoms. The fourth-order valence-electron chi connectivity index (χ4n) is 3.16. The number of fused-ring (bicyclic) bond motifs is 1. The van der Waals surface area contributed by atoms with E-state index in [0.29, 0.717) is 23.1 Å². The van der Waals surface area contributed by atoms with Crippen molar-refractivity contribution < 1.29 is 9.47 Å². The quantitative estimate of drug-likeness (QED) is 0.381. The topological polar surface area (TPSA) is 43.4 Å². The molecule has 148 valence electrons. The first kappa shape index (κ1) is 19.6. The maximum absolute atomic E-state index is 6.29. The summed E-state index contributed by atoms with van der Waals surface area (Å²) in [6, 6.07) is 18.5. The molecule has 0 saturated carbocycles. The Hall–Kier alpha value is -2.76. The highest BCUT2D eigenvalue weighted by Crippen LogP contribution is 2.36. The number of methoxy groups -OCH3 is 2. The summed E-state index contributed by atoms with van der Waals surface area (Å²) in [5.41, 5.74) is 5.45. The van der Waals surface area contributed by atoms with Crippen LogP contribution in [-0.2, 0) is 6.54 Å². The Morgan fingerprint density at radius 2 is 1.79 bits per heavy atom. The molecule has 4 nitrogen and oxygen atoms in total. The predicted octanol–water partition coefficient (Wildman–Crippen LogP) is 6.55.